The predicted molar refractivity (Wildman–Crippen MR) is 74.1 cm³/mol. The number of alkyl halides is 1. The third kappa shape index (κ3) is 4.87. The second-order valence-corrected chi connectivity index (χ2v) is 4.76. The van der Waals surface area contributed by atoms with Gasteiger partial charge in [0.1, 0.15) is 6.29 Å². The molecule has 0 saturated carbocycles. The molecule has 0 saturated heterocycles. The molecule has 0 aliphatic rings. The van der Waals surface area contributed by atoms with E-state index in [2.05, 4.69) is 21.2 Å². The van der Waals surface area contributed by atoms with Crippen LogP contribution in [0.2, 0.25) is 0 Å². The summed E-state index contributed by atoms with van der Waals surface area (Å²) in [6, 6.07) is 7.01. The molecule has 0 heterocycles. The van der Waals surface area contributed by atoms with Crippen LogP contribution < -0.4 is 5.32 Å². The lowest BCUT2D eigenvalue weighted by atomic mass is 10.1. The minimum atomic E-state index is -0.457. The number of amides is 1. The van der Waals surface area contributed by atoms with Crippen molar-refractivity contribution in [3.05, 3.63) is 29.8 Å². The summed E-state index contributed by atoms with van der Waals surface area (Å²) < 4.78 is 4.97. The highest BCUT2D eigenvalue weighted by Crippen LogP contribution is 2.21. The molecule has 98 valence electrons. The average Bonchev–Trinajstić information content (AvgIpc) is 2.39. The van der Waals surface area contributed by atoms with E-state index in [9.17, 15) is 9.59 Å². The average molecular weight is 314 g/mol. The van der Waals surface area contributed by atoms with Gasteiger partial charge in [0, 0.05) is 5.69 Å². The van der Waals surface area contributed by atoms with Crippen LogP contribution in [0.1, 0.15) is 30.2 Å². The molecule has 1 aromatic carbocycles. The Balaban J connectivity index is 2.48. The normalized spacial score (nSPS) is 11.7. The van der Waals surface area contributed by atoms with Crippen LogP contribution in [0.3, 0.4) is 0 Å². The van der Waals surface area contributed by atoms with Gasteiger partial charge in [0.05, 0.1) is 11.4 Å². The SMILES string of the molecule is CCCCOC(=O)Nc1ccc(C(Br)C=O)cc1. The van der Waals surface area contributed by atoms with E-state index in [1.54, 1.807) is 24.3 Å². The molecule has 5 heteroatoms. The van der Waals surface area contributed by atoms with Crippen molar-refractivity contribution in [3.8, 4) is 0 Å². The van der Waals surface area contributed by atoms with E-state index < -0.39 is 6.09 Å². The molecule has 0 aromatic heterocycles. The summed E-state index contributed by atoms with van der Waals surface area (Å²) in [7, 11) is 0. The molecule has 18 heavy (non-hydrogen) atoms. The van der Waals surface area contributed by atoms with Crippen molar-refractivity contribution < 1.29 is 14.3 Å². The fourth-order valence-electron chi connectivity index (χ4n) is 1.29. The molecule has 0 radical (unpaired) electrons. The summed E-state index contributed by atoms with van der Waals surface area (Å²) >= 11 is 3.22. The maximum Gasteiger partial charge on any atom is 0.411 e. The van der Waals surface area contributed by atoms with E-state index in [1.807, 2.05) is 6.92 Å². The van der Waals surface area contributed by atoms with Crippen molar-refractivity contribution in [2.75, 3.05) is 11.9 Å². The number of nitrogens with one attached hydrogen (secondary N) is 1. The third-order valence-electron chi connectivity index (χ3n) is 2.33. The maximum atomic E-state index is 11.4. The van der Waals surface area contributed by atoms with E-state index in [0.717, 1.165) is 24.7 Å². The van der Waals surface area contributed by atoms with Gasteiger partial charge in [0.15, 0.2) is 0 Å². The summed E-state index contributed by atoms with van der Waals surface area (Å²) in [5.74, 6) is 0. The molecule has 1 rings (SSSR count). The third-order valence-corrected chi connectivity index (χ3v) is 3.07. The molecule has 1 aromatic rings. The van der Waals surface area contributed by atoms with Crippen LogP contribution >= 0.6 is 15.9 Å². The Kier molecular flexibility index (Phi) is 6.43. The largest absolute Gasteiger partial charge is 0.449 e. The van der Waals surface area contributed by atoms with Crippen molar-refractivity contribution in [2.45, 2.75) is 24.6 Å². The highest BCUT2D eigenvalue weighted by atomic mass is 79.9. The Labute approximate surface area is 115 Å². The number of benzene rings is 1. The van der Waals surface area contributed by atoms with Crippen LogP contribution in [0.5, 0.6) is 0 Å². The van der Waals surface area contributed by atoms with Gasteiger partial charge in [0.25, 0.3) is 0 Å². The van der Waals surface area contributed by atoms with Crippen molar-refractivity contribution in [3.63, 3.8) is 0 Å². The van der Waals surface area contributed by atoms with E-state index >= 15 is 0 Å². The number of rotatable bonds is 6. The highest BCUT2D eigenvalue weighted by Gasteiger charge is 2.06. The molecule has 1 atom stereocenters. The zero-order valence-electron chi connectivity index (χ0n) is 10.2. The van der Waals surface area contributed by atoms with E-state index in [1.165, 1.54) is 0 Å². The van der Waals surface area contributed by atoms with Gasteiger partial charge in [0.2, 0.25) is 0 Å². The van der Waals surface area contributed by atoms with Gasteiger partial charge in [-0.1, -0.05) is 41.4 Å². The number of halogens is 1. The lowest BCUT2D eigenvalue weighted by Crippen LogP contribution is -2.14. The second-order valence-electron chi connectivity index (χ2n) is 3.77. The Bertz CT molecular complexity index is 392. The van der Waals surface area contributed by atoms with Gasteiger partial charge in [-0.2, -0.15) is 0 Å². The van der Waals surface area contributed by atoms with Crippen molar-refractivity contribution in [1.29, 1.82) is 0 Å². The lowest BCUT2D eigenvalue weighted by molar-refractivity contribution is -0.107. The molecule has 0 spiro atoms. The molecule has 1 amide bonds. The summed E-state index contributed by atoms with van der Waals surface area (Å²) in [4.78, 5) is 21.6. The smallest absolute Gasteiger partial charge is 0.411 e. The maximum absolute atomic E-state index is 11.4. The molecule has 0 aliphatic heterocycles. The zero-order chi connectivity index (χ0) is 13.4. The Morgan fingerprint density at radius 3 is 2.67 bits per heavy atom. The van der Waals surface area contributed by atoms with Gasteiger partial charge in [-0.15, -0.1) is 0 Å². The quantitative estimate of drug-likeness (QED) is 0.495. The van der Waals surface area contributed by atoms with Crippen LogP contribution in [0, 0.1) is 0 Å². The molecule has 4 nitrogen and oxygen atoms in total. The molecule has 0 bridgehead atoms. The van der Waals surface area contributed by atoms with Gasteiger partial charge >= 0.3 is 6.09 Å². The minimum absolute atomic E-state index is 0.317. The number of anilines is 1. The fraction of sp³-hybridized carbons (Fsp3) is 0.385. The predicted octanol–water partition coefficient (Wildman–Crippen LogP) is 3.67. The van der Waals surface area contributed by atoms with Crippen molar-refractivity contribution in [1.82, 2.24) is 0 Å². The van der Waals surface area contributed by atoms with E-state index in [4.69, 9.17) is 4.74 Å². The first-order valence-corrected chi connectivity index (χ1v) is 6.72. The number of unbranched alkanes of at least 4 members (excludes halogenated alkanes) is 1. The zero-order valence-corrected chi connectivity index (χ0v) is 11.8. The summed E-state index contributed by atoms with van der Waals surface area (Å²) in [6.07, 6.45) is 2.20. The summed E-state index contributed by atoms with van der Waals surface area (Å²) in [6.45, 7) is 2.46. The Morgan fingerprint density at radius 2 is 2.11 bits per heavy atom. The van der Waals surface area contributed by atoms with Crippen LogP contribution in [0.4, 0.5) is 10.5 Å². The van der Waals surface area contributed by atoms with Gasteiger partial charge in [-0.25, -0.2) is 4.79 Å². The van der Waals surface area contributed by atoms with Crippen molar-refractivity contribution in [2.24, 2.45) is 0 Å². The van der Waals surface area contributed by atoms with Crippen molar-refractivity contribution >= 4 is 34.0 Å². The summed E-state index contributed by atoms with van der Waals surface area (Å²) in [5.41, 5.74) is 1.49. The first-order chi connectivity index (χ1) is 8.67. The number of aldehydes is 1. The van der Waals surface area contributed by atoms with Gasteiger partial charge < -0.3 is 9.53 Å². The van der Waals surface area contributed by atoms with E-state index in [-0.39, 0.29) is 4.83 Å². The molecule has 0 aliphatic carbocycles. The number of hydrogen-bond acceptors (Lipinski definition) is 3. The van der Waals surface area contributed by atoms with Gasteiger partial charge in [-0.3, -0.25) is 5.32 Å². The lowest BCUT2D eigenvalue weighted by Gasteiger charge is -2.08. The standard InChI is InChI=1S/C13H16BrNO3/c1-2-3-8-18-13(17)15-11-6-4-10(5-7-11)12(14)9-16/h4-7,9,12H,2-3,8H2,1H3,(H,15,17). The summed E-state index contributed by atoms with van der Waals surface area (Å²) in [5, 5.41) is 2.62. The number of ether oxygens (including phenoxy) is 1. The Hall–Kier alpha value is -1.36. The Morgan fingerprint density at radius 1 is 1.44 bits per heavy atom. The molecular formula is C13H16BrNO3. The number of carbonyl (C=O) groups is 2. The highest BCUT2D eigenvalue weighted by molar-refractivity contribution is 9.09. The van der Waals surface area contributed by atoms with Gasteiger partial charge in [-0.05, 0) is 24.1 Å². The van der Waals surface area contributed by atoms with Crippen LogP contribution in [0.15, 0.2) is 24.3 Å². The van der Waals surface area contributed by atoms with Crippen LogP contribution in [-0.2, 0) is 9.53 Å². The van der Waals surface area contributed by atoms with Crippen LogP contribution in [-0.4, -0.2) is 19.0 Å². The second kappa shape index (κ2) is 7.87. The minimum Gasteiger partial charge on any atom is -0.449 e. The topological polar surface area (TPSA) is 55.4 Å². The molecule has 1 unspecified atom stereocenters. The number of carbonyl (C=O) groups excluding carboxylic acids is 2. The first kappa shape index (κ1) is 14.7. The molecule has 0 fully saturated rings. The monoisotopic (exact) mass is 313 g/mol. The fourth-order valence-corrected chi connectivity index (χ4v) is 1.60. The number of hydrogen-bond donors (Lipinski definition) is 1. The molecule has 1 N–H and O–H groups in total. The molecular weight excluding hydrogens is 298 g/mol. The van der Waals surface area contributed by atoms with Crippen LogP contribution in [0.25, 0.3) is 0 Å². The first-order valence-electron chi connectivity index (χ1n) is 5.80. The van der Waals surface area contributed by atoms with E-state index in [0.29, 0.717) is 12.3 Å².